The van der Waals surface area contributed by atoms with Gasteiger partial charge in [0.15, 0.2) is 21.0 Å². The zero-order valence-electron chi connectivity index (χ0n) is 14.0. The van der Waals surface area contributed by atoms with Gasteiger partial charge in [0.2, 0.25) is 0 Å². The second-order valence-electron chi connectivity index (χ2n) is 5.29. The Labute approximate surface area is 155 Å². The van der Waals surface area contributed by atoms with Crippen molar-refractivity contribution in [2.75, 3.05) is 13.2 Å². The fourth-order valence-corrected chi connectivity index (χ4v) is 2.97. The van der Waals surface area contributed by atoms with Crippen molar-refractivity contribution in [2.24, 2.45) is 0 Å². The van der Waals surface area contributed by atoms with E-state index in [2.05, 4.69) is 0 Å². The number of carbonyl (C=O) groups excluding carboxylic acids is 2. The Balaban J connectivity index is 1.47. The zero-order chi connectivity index (χ0) is 18.1. The Kier molecular flexibility index (Phi) is 9.36. The van der Waals surface area contributed by atoms with Gasteiger partial charge in [-0.3, -0.25) is 9.59 Å². The quantitative estimate of drug-likeness (QED) is 0.298. The van der Waals surface area contributed by atoms with Gasteiger partial charge >= 0.3 is 11.9 Å². The van der Waals surface area contributed by atoms with Crippen molar-refractivity contribution in [2.45, 2.75) is 50.8 Å². The molecule has 10 nitrogen and oxygen atoms in total. The molecule has 0 radical (unpaired) electrons. The Bertz CT molecular complexity index is 404. The monoisotopic (exact) mass is 414 g/mol. The number of carbonyl (C=O) groups is 2. The lowest BCUT2D eigenvalue weighted by molar-refractivity contribution is -0.185. The minimum atomic E-state index is -0.626. The molecule has 13 heteroatoms. The van der Waals surface area contributed by atoms with E-state index in [1.54, 1.807) is 0 Å². The lowest BCUT2D eigenvalue weighted by Crippen LogP contribution is -2.16. The molecule has 0 amide bonds. The van der Waals surface area contributed by atoms with E-state index in [4.69, 9.17) is 36.2 Å². The second kappa shape index (κ2) is 11.3. The standard InChI is InChI=1S/C12H22O10SSi2/c13-9(3-1-7-5-15-11(17-7)21-24)19-23-20-10(14)4-2-8-6-16-12(18-8)22-25/h7-8,11-12H,1-6H2,24-25H3. The zero-order valence-corrected chi connectivity index (χ0v) is 18.9. The van der Waals surface area contributed by atoms with Gasteiger partial charge in [-0.05, 0) is 12.8 Å². The fourth-order valence-electron chi connectivity index (χ4n) is 2.13. The molecule has 0 aromatic carbocycles. The number of hydrogen-bond acceptors (Lipinski definition) is 11. The molecule has 2 saturated heterocycles. The molecule has 2 aliphatic rings. The molecule has 2 fully saturated rings. The summed E-state index contributed by atoms with van der Waals surface area (Å²) in [6.45, 7) is -0.500. The molecule has 0 spiro atoms. The van der Waals surface area contributed by atoms with Crippen LogP contribution >= 0.6 is 12.3 Å². The summed E-state index contributed by atoms with van der Waals surface area (Å²) >= 11 is 0.363. The molecule has 0 bridgehead atoms. The van der Waals surface area contributed by atoms with Crippen molar-refractivity contribution < 1.29 is 45.8 Å². The minimum Gasteiger partial charge on any atom is -0.383 e. The number of rotatable bonds is 10. The van der Waals surface area contributed by atoms with E-state index in [1.807, 2.05) is 0 Å². The molecule has 0 aromatic rings. The lowest BCUT2D eigenvalue weighted by Gasteiger charge is -2.09. The van der Waals surface area contributed by atoms with Crippen molar-refractivity contribution >= 4 is 45.2 Å². The summed E-state index contributed by atoms with van der Waals surface area (Å²) in [5.41, 5.74) is 0. The fraction of sp³-hybridized carbons (Fsp3) is 0.833. The van der Waals surface area contributed by atoms with Gasteiger partial charge in [0.05, 0.1) is 25.4 Å². The van der Waals surface area contributed by atoms with E-state index in [0.717, 1.165) is 0 Å². The normalized spacial score (nSPS) is 29.1. The largest absolute Gasteiger partial charge is 0.383 e. The van der Waals surface area contributed by atoms with E-state index in [-0.39, 0.29) is 25.0 Å². The summed E-state index contributed by atoms with van der Waals surface area (Å²) < 4.78 is 40.6. The highest BCUT2D eigenvalue weighted by Crippen LogP contribution is 2.19. The SMILES string of the molecule is O=C(CCC1COC(O[SiH3])O1)OSOC(=O)CCC1COC(O[SiH3])O1. The molecule has 4 atom stereocenters. The molecule has 2 aliphatic heterocycles. The Morgan fingerprint density at radius 3 is 1.68 bits per heavy atom. The molecule has 2 heterocycles. The van der Waals surface area contributed by atoms with Crippen molar-refractivity contribution in [3.8, 4) is 0 Å². The van der Waals surface area contributed by atoms with Crippen molar-refractivity contribution in [1.82, 2.24) is 0 Å². The molecule has 2 rings (SSSR count). The summed E-state index contributed by atoms with van der Waals surface area (Å²) in [6, 6.07) is 0. The maximum atomic E-state index is 11.6. The third kappa shape index (κ3) is 7.71. The summed E-state index contributed by atoms with van der Waals surface area (Å²) in [5, 5.41) is 0. The summed E-state index contributed by atoms with van der Waals surface area (Å²) in [6.07, 6.45) is 0.731. The first-order valence-electron chi connectivity index (χ1n) is 7.77. The highest BCUT2D eigenvalue weighted by atomic mass is 32.2. The van der Waals surface area contributed by atoms with Crippen LogP contribution in [-0.4, -0.2) is 71.3 Å². The lowest BCUT2D eigenvalue weighted by atomic mass is 10.2. The van der Waals surface area contributed by atoms with Gasteiger partial charge < -0.3 is 36.2 Å². The molecule has 25 heavy (non-hydrogen) atoms. The van der Waals surface area contributed by atoms with E-state index in [9.17, 15) is 9.59 Å². The first-order chi connectivity index (χ1) is 12.1. The molecular weight excluding hydrogens is 392 g/mol. The average molecular weight is 415 g/mol. The molecule has 0 N–H and O–H groups in total. The Morgan fingerprint density at radius 1 is 0.880 bits per heavy atom. The maximum Gasteiger partial charge on any atom is 0.320 e. The predicted molar refractivity (Wildman–Crippen MR) is 89.5 cm³/mol. The summed E-state index contributed by atoms with van der Waals surface area (Å²) in [7, 11) is 1.02. The first-order valence-corrected chi connectivity index (χ1v) is 10.1. The van der Waals surface area contributed by atoms with Gasteiger partial charge in [-0.25, -0.2) is 0 Å². The van der Waals surface area contributed by atoms with E-state index < -0.39 is 24.9 Å². The minimum absolute atomic E-state index is 0.126. The van der Waals surface area contributed by atoms with E-state index >= 15 is 0 Å². The van der Waals surface area contributed by atoms with E-state index in [1.165, 1.54) is 0 Å². The van der Waals surface area contributed by atoms with Gasteiger partial charge in [-0.1, -0.05) is 0 Å². The van der Waals surface area contributed by atoms with Crippen LogP contribution in [0.4, 0.5) is 0 Å². The Hall–Kier alpha value is -0.516. The Morgan fingerprint density at radius 2 is 1.32 bits per heavy atom. The summed E-state index contributed by atoms with van der Waals surface area (Å²) in [5.74, 6) is -1.01. The second-order valence-corrected chi connectivity index (χ2v) is 6.70. The average Bonchev–Trinajstić information content (AvgIpc) is 3.27. The molecule has 0 aliphatic carbocycles. The highest BCUT2D eigenvalue weighted by Gasteiger charge is 2.27. The van der Waals surface area contributed by atoms with Crippen molar-refractivity contribution in [3.05, 3.63) is 0 Å². The van der Waals surface area contributed by atoms with Crippen LogP contribution in [0, 0.1) is 0 Å². The van der Waals surface area contributed by atoms with E-state index in [0.29, 0.717) is 59.4 Å². The summed E-state index contributed by atoms with van der Waals surface area (Å²) in [4.78, 5) is 23.1. The first kappa shape index (κ1) is 20.8. The molecule has 144 valence electrons. The van der Waals surface area contributed by atoms with Gasteiger partial charge in [0, 0.05) is 12.8 Å². The third-order valence-electron chi connectivity index (χ3n) is 3.42. The van der Waals surface area contributed by atoms with Crippen LogP contribution in [-0.2, 0) is 45.8 Å². The van der Waals surface area contributed by atoms with Crippen LogP contribution in [0.25, 0.3) is 0 Å². The molecule has 4 unspecified atom stereocenters. The molecule has 0 saturated carbocycles. The van der Waals surface area contributed by atoms with Gasteiger partial charge in [-0.2, -0.15) is 0 Å². The smallest absolute Gasteiger partial charge is 0.320 e. The van der Waals surface area contributed by atoms with Crippen LogP contribution in [0.2, 0.25) is 0 Å². The number of hydrogen-bond donors (Lipinski definition) is 0. The predicted octanol–water partition coefficient (Wildman–Crippen LogP) is -1.81. The topological polar surface area (TPSA) is 108 Å². The van der Waals surface area contributed by atoms with Gasteiger partial charge in [0.25, 0.3) is 25.3 Å². The van der Waals surface area contributed by atoms with Crippen molar-refractivity contribution in [3.63, 3.8) is 0 Å². The van der Waals surface area contributed by atoms with Crippen LogP contribution in [0.15, 0.2) is 0 Å². The van der Waals surface area contributed by atoms with Gasteiger partial charge in [-0.15, -0.1) is 0 Å². The van der Waals surface area contributed by atoms with Crippen LogP contribution < -0.4 is 0 Å². The molecular formula is C12H22O10SSi2. The van der Waals surface area contributed by atoms with Crippen molar-refractivity contribution in [1.29, 1.82) is 0 Å². The molecule has 0 aromatic heterocycles. The highest BCUT2D eigenvalue weighted by molar-refractivity contribution is 7.90. The van der Waals surface area contributed by atoms with Crippen LogP contribution in [0.5, 0.6) is 0 Å². The van der Waals surface area contributed by atoms with Gasteiger partial charge in [0.1, 0.15) is 0 Å². The third-order valence-corrected chi connectivity index (χ3v) is 4.70. The van der Waals surface area contributed by atoms with Crippen LogP contribution in [0.1, 0.15) is 25.7 Å². The number of ether oxygens (including phenoxy) is 4. The van der Waals surface area contributed by atoms with Crippen LogP contribution in [0.3, 0.4) is 0 Å². The maximum absolute atomic E-state index is 11.6.